The third-order valence-electron chi connectivity index (χ3n) is 2.76. The highest BCUT2D eigenvalue weighted by Crippen LogP contribution is 2.14. The molecule has 0 fully saturated rings. The predicted octanol–water partition coefficient (Wildman–Crippen LogP) is 1.42. The molecule has 2 rings (SSSR count). The number of rotatable bonds is 4. The van der Waals surface area contributed by atoms with Crippen LogP contribution in [0.15, 0.2) is 36.4 Å². The second-order valence-electron chi connectivity index (χ2n) is 4.34. The summed E-state index contributed by atoms with van der Waals surface area (Å²) in [6.07, 6.45) is 0. The highest BCUT2D eigenvalue weighted by Gasteiger charge is 2.08. The minimum Gasteiger partial charge on any atom is -0.392 e. The van der Waals surface area contributed by atoms with Crippen LogP contribution in [-0.2, 0) is 6.61 Å². The van der Waals surface area contributed by atoms with Gasteiger partial charge < -0.3 is 15.8 Å². The van der Waals surface area contributed by atoms with Crippen LogP contribution in [0.2, 0.25) is 0 Å². The molecule has 1 aromatic carbocycles. The summed E-state index contributed by atoms with van der Waals surface area (Å²) in [6.45, 7) is 1.76. The van der Waals surface area contributed by atoms with E-state index < -0.39 is 0 Å². The lowest BCUT2D eigenvalue weighted by atomic mass is 10.2. The smallest absolute Gasteiger partial charge is 0.255 e. The lowest BCUT2D eigenvalue weighted by Crippen LogP contribution is -2.15. The van der Waals surface area contributed by atoms with Crippen molar-refractivity contribution in [1.29, 1.82) is 0 Å². The van der Waals surface area contributed by atoms with Crippen LogP contribution < -0.4 is 16.6 Å². The van der Waals surface area contributed by atoms with Crippen molar-refractivity contribution in [2.45, 2.75) is 13.5 Å². The topological polar surface area (TPSA) is 100 Å². The zero-order valence-electron chi connectivity index (χ0n) is 11.1. The molecule has 1 amide bonds. The van der Waals surface area contributed by atoms with Crippen LogP contribution in [0.4, 0.5) is 11.5 Å². The van der Waals surface area contributed by atoms with E-state index >= 15 is 0 Å². The second-order valence-corrected chi connectivity index (χ2v) is 4.34. The summed E-state index contributed by atoms with van der Waals surface area (Å²) in [4.78, 5) is 16.3. The van der Waals surface area contributed by atoms with E-state index in [0.29, 0.717) is 22.8 Å². The largest absolute Gasteiger partial charge is 0.392 e. The number of hydrazine groups is 1. The maximum absolute atomic E-state index is 12.1. The lowest BCUT2D eigenvalue weighted by molar-refractivity contribution is 0.102. The van der Waals surface area contributed by atoms with E-state index in [4.69, 9.17) is 10.9 Å². The van der Waals surface area contributed by atoms with Crippen molar-refractivity contribution in [2.24, 2.45) is 5.84 Å². The fourth-order valence-corrected chi connectivity index (χ4v) is 1.77. The number of amides is 1. The molecular weight excluding hydrogens is 256 g/mol. The first-order valence-electron chi connectivity index (χ1n) is 6.09. The normalized spacial score (nSPS) is 10.2. The van der Waals surface area contributed by atoms with Gasteiger partial charge in [0.25, 0.3) is 5.91 Å². The molecule has 104 valence electrons. The number of benzene rings is 1. The molecule has 0 saturated heterocycles. The molecule has 1 aromatic heterocycles. The van der Waals surface area contributed by atoms with Gasteiger partial charge in [0.15, 0.2) is 0 Å². The molecule has 0 aliphatic carbocycles. The lowest BCUT2D eigenvalue weighted by Gasteiger charge is -2.08. The number of nitrogens with zero attached hydrogens (tertiary/aromatic N) is 1. The van der Waals surface area contributed by atoms with Crippen molar-refractivity contribution in [1.82, 2.24) is 4.98 Å². The minimum atomic E-state index is -0.247. The Morgan fingerprint density at radius 1 is 1.30 bits per heavy atom. The summed E-state index contributed by atoms with van der Waals surface area (Å²) in [7, 11) is 0. The van der Waals surface area contributed by atoms with Crippen LogP contribution in [0.1, 0.15) is 21.6 Å². The quantitative estimate of drug-likeness (QED) is 0.498. The number of aliphatic hydroxyl groups excluding tert-OH is 1. The molecule has 0 aliphatic rings. The van der Waals surface area contributed by atoms with Crippen LogP contribution in [0, 0.1) is 6.92 Å². The van der Waals surface area contributed by atoms with Gasteiger partial charge in [0, 0.05) is 16.9 Å². The van der Waals surface area contributed by atoms with E-state index in [2.05, 4.69) is 15.7 Å². The van der Waals surface area contributed by atoms with Gasteiger partial charge in [-0.2, -0.15) is 0 Å². The van der Waals surface area contributed by atoms with E-state index in [1.165, 1.54) is 0 Å². The second kappa shape index (κ2) is 6.14. The van der Waals surface area contributed by atoms with Gasteiger partial charge in [-0.1, -0.05) is 12.1 Å². The first kappa shape index (κ1) is 14.0. The average molecular weight is 272 g/mol. The van der Waals surface area contributed by atoms with Gasteiger partial charge in [0.2, 0.25) is 0 Å². The van der Waals surface area contributed by atoms with Gasteiger partial charge in [0.1, 0.15) is 5.82 Å². The van der Waals surface area contributed by atoms with Crippen LogP contribution in [-0.4, -0.2) is 16.0 Å². The molecule has 20 heavy (non-hydrogen) atoms. The average Bonchev–Trinajstić information content (AvgIpc) is 2.47. The third kappa shape index (κ3) is 3.31. The molecule has 0 bridgehead atoms. The Morgan fingerprint density at radius 3 is 2.60 bits per heavy atom. The monoisotopic (exact) mass is 272 g/mol. The summed E-state index contributed by atoms with van der Waals surface area (Å²) in [6, 6.07) is 10.2. The summed E-state index contributed by atoms with van der Waals surface area (Å²) >= 11 is 0. The molecular formula is C14H16N4O2. The number of hydrogen-bond acceptors (Lipinski definition) is 5. The maximum Gasteiger partial charge on any atom is 0.255 e. The Hall–Kier alpha value is -2.44. The van der Waals surface area contributed by atoms with Crippen molar-refractivity contribution in [3.63, 3.8) is 0 Å². The predicted molar refractivity (Wildman–Crippen MR) is 77.1 cm³/mol. The van der Waals surface area contributed by atoms with Crippen LogP contribution in [0.3, 0.4) is 0 Å². The van der Waals surface area contributed by atoms with Gasteiger partial charge in [-0.15, -0.1) is 0 Å². The number of nitrogens with one attached hydrogen (secondary N) is 2. The minimum absolute atomic E-state index is 0.0245. The number of aliphatic hydroxyl groups is 1. The van der Waals surface area contributed by atoms with Crippen molar-refractivity contribution < 1.29 is 9.90 Å². The summed E-state index contributed by atoms with van der Waals surface area (Å²) in [5.74, 6) is 5.49. The van der Waals surface area contributed by atoms with Crippen LogP contribution in [0.25, 0.3) is 0 Å². The van der Waals surface area contributed by atoms with E-state index in [-0.39, 0.29) is 12.5 Å². The van der Waals surface area contributed by atoms with E-state index in [9.17, 15) is 4.79 Å². The van der Waals surface area contributed by atoms with Gasteiger partial charge in [-0.3, -0.25) is 4.79 Å². The number of nitrogen functional groups attached to an aromatic ring is 1. The van der Waals surface area contributed by atoms with Crippen molar-refractivity contribution >= 4 is 17.4 Å². The molecule has 6 heteroatoms. The van der Waals surface area contributed by atoms with Gasteiger partial charge in [-0.05, 0) is 36.8 Å². The Bertz CT molecular complexity index is 611. The highest BCUT2D eigenvalue weighted by molar-refractivity contribution is 6.04. The van der Waals surface area contributed by atoms with Gasteiger partial charge in [-0.25, -0.2) is 10.8 Å². The summed E-state index contributed by atoms with van der Waals surface area (Å²) < 4.78 is 0. The Kier molecular flexibility index (Phi) is 4.29. The summed E-state index contributed by atoms with van der Waals surface area (Å²) in [5, 5.41) is 11.7. The highest BCUT2D eigenvalue weighted by atomic mass is 16.3. The molecule has 0 radical (unpaired) electrons. The first-order valence-corrected chi connectivity index (χ1v) is 6.09. The van der Waals surface area contributed by atoms with Gasteiger partial charge >= 0.3 is 0 Å². The number of nitrogens with two attached hydrogens (primary N) is 1. The Morgan fingerprint density at radius 2 is 2.00 bits per heavy atom. The number of anilines is 2. The fourth-order valence-electron chi connectivity index (χ4n) is 1.77. The van der Waals surface area contributed by atoms with E-state index in [1.54, 1.807) is 43.3 Å². The third-order valence-corrected chi connectivity index (χ3v) is 2.76. The van der Waals surface area contributed by atoms with E-state index in [0.717, 1.165) is 5.56 Å². The Labute approximate surface area is 116 Å². The maximum atomic E-state index is 12.1. The molecule has 0 unspecified atom stereocenters. The Balaban J connectivity index is 2.16. The number of carbonyl (C=O) groups is 1. The fraction of sp³-hybridized carbons (Fsp3) is 0.143. The molecule has 1 heterocycles. The van der Waals surface area contributed by atoms with E-state index in [1.807, 2.05) is 0 Å². The first-order chi connectivity index (χ1) is 9.62. The zero-order valence-corrected chi connectivity index (χ0v) is 11.1. The van der Waals surface area contributed by atoms with Crippen molar-refractivity contribution in [3.8, 4) is 0 Å². The zero-order chi connectivity index (χ0) is 14.5. The van der Waals surface area contributed by atoms with Crippen LogP contribution >= 0.6 is 0 Å². The number of aromatic nitrogens is 1. The molecule has 2 aromatic rings. The SMILES string of the molecule is Cc1cc(C(=O)Nc2ccc(CO)cc2)cc(NN)n1. The standard InChI is InChI=1S/C14H16N4O2/c1-9-6-11(7-13(16-9)18-15)14(20)17-12-4-2-10(8-19)3-5-12/h2-7,19H,8,15H2,1H3,(H,16,18)(H,17,20). The summed E-state index contributed by atoms with van der Waals surface area (Å²) in [5.41, 5.74) is 5.03. The number of carbonyl (C=O) groups excluding carboxylic acids is 1. The van der Waals surface area contributed by atoms with Crippen LogP contribution in [0.5, 0.6) is 0 Å². The molecule has 0 aliphatic heterocycles. The number of pyridine rings is 1. The van der Waals surface area contributed by atoms with Crippen molar-refractivity contribution in [2.75, 3.05) is 10.7 Å². The molecule has 6 nitrogen and oxygen atoms in total. The number of aryl methyl sites for hydroxylation is 1. The molecule has 0 atom stereocenters. The number of hydrogen-bond donors (Lipinski definition) is 4. The van der Waals surface area contributed by atoms with Crippen molar-refractivity contribution in [3.05, 3.63) is 53.2 Å². The van der Waals surface area contributed by atoms with Gasteiger partial charge in [0.05, 0.1) is 6.61 Å². The molecule has 5 N–H and O–H groups in total. The molecule has 0 spiro atoms. The molecule has 0 saturated carbocycles.